The fourth-order valence-corrected chi connectivity index (χ4v) is 3.45. The first-order valence-corrected chi connectivity index (χ1v) is 8.25. The van der Waals surface area contributed by atoms with Crippen LogP contribution in [-0.4, -0.2) is 76.1 Å². The molecule has 2 aliphatic heterocycles. The molecule has 0 aromatic carbocycles. The van der Waals surface area contributed by atoms with E-state index < -0.39 is 0 Å². The van der Waals surface area contributed by atoms with Gasteiger partial charge in [-0.15, -0.1) is 0 Å². The lowest BCUT2D eigenvalue weighted by atomic mass is 10.1. The van der Waals surface area contributed by atoms with Crippen molar-refractivity contribution in [3.05, 3.63) is 18.0 Å². The normalized spacial score (nSPS) is 23.4. The van der Waals surface area contributed by atoms with E-state index in [1.165, 1.54) is 5.56 Å². The highest BCUT2D eigenvalue weighted by Crippen LogP contribution is 2.19. The number of hydrogen-bond donors (Lipinski definition) is 0. The number of carbonyl (C=O) groups excluding carboxylic acids is 2. The third-order valence-corrected chi connectivity index (χ3v) is 4.75. The number of hydrogen-bond acceptors (Lipinski definition) is 4. The molecule has 2 fully saturated rings. The SMILES string of the molecule is CN1C[C@H](C(=O)N2CCCN(Cc3cnn(C)c3)CC2)CC1=O. The van der Waals surface area contributed by atoms with Crippen LogP contribution in [0.2, 0.25) is 0 Å². The van der Waals surface area contributed by atoms with Crippen LogP contribution in [0.3, 0.4) is 0 Å². The number of rotatable bonds is 3. The number of amides is 2. The van der Waals surface area contributed by atoms with E-state index in [1.54, 1.807) is 11.9 Å². The molecule has 2 aliphatic rings. The molecule has 126 valence electrons. The number of aryl methyl sites for hydroxylation is 1. The summed E-state index contributed by atoms with van der Waals surface area (Å²) in [5.74, 6) is 0.0691. The van der Waals surface area contributed by atoms with Crippen molar-refractivity contribution in [2.75, 3.05) is 39.8 Å². The summed E-state index contributed by atoms with van der Waals surface area (Å²) in [6.45, 7) is 4.83. The number of nitrogens with zero attached hydrogens (tertiary/aromatic N) is 5. The van der Waals surface area contributed by atoms with E-state index in [-0.39, 0.29) is 17.7 Å². The van der Waals surface area contributed by atoms with Crippen LogP contribution in [0.15, 0.2) is 12.4 Å². The molecule has 1 aromatic heterocycles. The predicted molar refractivity (Wildman–Crippen MR) is 85.4 cm³/mol. The highest BCUT2D eigenvalue weighted by atomic mass is 16.2. The van der Waals surface area contributed by atoms with Crippen LogP contribution in [0.1, 0.15) is 18.4 Å². The summed E-state index contributed by atoms with van der Waals surface area (Å²) in [6.07, 6.45) is 5.27. The average Bonchev–Trinajstić information content (AvgIpc) is 2.98. The Bertz CT molecular complexity index is 585. The largest absolute Gasteiger partial charge is 0.345 e. The van der Waals surface area contributed by atoms with Gasteiger partial charge in [-0.25, -0.2) is 0 Å². The minimum atomic E-state index is -0.155. The van der Waals surface area contributed by atoms with E-state index in [0.717, 1.165) is 39.1 Å². The predicted octanol–water partition coefficient (Wildman–Crippen LogP) is -0.0673. The Labute approximate surface area is 136 Å². The maximum absolute atomic E-state index is 12.6. The van der Waals surface area contributed by atoms with Crippen molar-refractivity contribution in [3.8, 4) is 0 Å². The molecule has 0 N–H and O–H groups in total. The van der Waals surface area contributed by atoms with E-state index in [2.05, 4.69) is 10.00 Å². The first kappa shape index (κ1) is 16.0. The Kier molecular flexibility index (Phi) is 4.66. The summed E-state index contributed by atoms with van der Waals surface area (Å²) in [7, 11) is 3.69. The summed E-state index contributed by atoms with van der Waals surface area (Å²) >= 11 is 0. The molecule has 0 aliphatic carbocycles. The third kappa shape index (κ3) is 3.72. The van der Waals surface area contributed by atoms with Gasteiger partial charge in [0.2, 0.25) is 11.8 Å². The first-order chi connectivity index (χ1) is 11.0. The van der Waals surface area contributed by atoms with Gasteiger partial charge in [0.25, 0.3) is 0 Å². The van der Waals surface area contributed by atoms with Gasteiger partial charge in [-0.3, -0.25) is 19.2 Å². The quantitative estimate of drug-likeness (QED) is 0.783. The number of carbonyl (C=O) groups is 2. The van der Waals surface area contributed by atoms with Crippen molar-refractivity contribution < 1.29 is 9.59 Å². The molecule has 7 nitrogen and oxygen atoms in total. The summed E-state index contributed by atoms with van der Waals surface area (Å²) in [5, 5.41) is 4.20. The third-order valence-electron chi connectivity index (χ3n) is 4.75. The van der Waals surface area contributed by atoms with E-state index in [0.29, 0.717) is 13.0 Å². The Morgan fingerprint density at radius 3 is 2.74 bits per heavy atom. The molecule has 2 amide bonds. The molecular weight excluding hydrogens is 294 g/mol. The molecule has 0 radical (unpaired) electrons. The molecule has 7 heteroatoms. The summed E-state index contributed by atoms with van der Waals surface area (Å²) in [5.41, 5.74) is 1.20. The monoisotopic (exact) mass is 319 g/mol. The van der Waals surface area contributed by atoms with Gasteiger partial charge in [0.15, 0.2) is 0 Å². The zero-order valence-electron chi connectivity index (χ0n) is 13.9. The van der Waals surface area contributed by atoms with E-state index >= 15 is 0 Å². The molecule has 0 unspecified atom stereocenters. The fourth-order valence-electron chi connectivity index (χ4n) is 3.45. The van der Waals surface area contributed by atoms with Crippen molar-refractivity contribution in [1.29, 1.82) is 0 Å². The van der Waals surface area contributed by atoms with Gasteiger partial charge >= 0.3 is 0 Å². The molecule has 3 rings (SSSR count). The van der Waals surface area contributed by atoms with Gasteiger partial charge in [-0.1, -0.05) is 0 Å². The van der Waals surface area contributed by atoms with Gasteiger partial charge < -0.3 is 9.80 Å². The maximum atomic E-state index is 12.6. The Hall–Kier alpha value is -1.89. The highest BCUT2D eigenvalue weighted by Gasteiger charge is 2.35. The van der Waals surface area contributed by atoms with Crippen LogP contribution in [0, 0.1) is 5.92 Å². The van der Waals surface area contributed by atoms with Crippen LogP contribution < -0.4 is 0 Å². The van der Waals surface area contributed by atoms with E-state index in [4.69, 9.17) is 0 Å². The zero-order chi connectivity index (χ0) is 16.4. The second-order valence-corrected chi connectivity index (χ2v) is 6.65. The molecular formula is C16H25N5O2. The van der Waals surface area contributed by atoms with Gasteiger partial charge in [-0.05, 0) is 6.42 Å². The minimum absolute atomic E-state index is 0.0800. The smallest absolute Gasteiger partial charge is 0.228 e. The van der Waals surface area contributed by atoms with Crippen LogP contribution in [0.25, 0.3) is 0 Å². The zero-order valence-corrected chi connectivity index (χ0v) is 13.9. The Balaban J connectivity index is 1.54. The van der Waals surface area contributed by atoms with Gasteiger partial charge in [0.05, 0.1) is 12.1 Å². The molecule has 23 heavy (non-hydrogen) atoms. The second-order valence-electron chi connectivity index (χ2n) is 6.65. The van der Waals surface area contributed by atoms with Crippen molar-refractivity contribution in [3.63, 3.8) is 0 Å². The minimum Gasteiger partial charge on any atom is -0.345 e. The van der Waals surface area contributed by atoms with Crippen molar-refractivity contribution in [2.45, 2.75) is 19.4 Å². The molecule has 2 saturated heterocycles. The van der Waals surface area contributed by atoms with E-state index in [9.17, 15) is 9.59 Å². The van der Waals surface area contributed by atoms with E-state index in [1.807, 2.05) is 29.0 Å². The summed E-state index contributed by atoms with van der Waals surface area (Å²) in [4.78, 5) is 30.2. The van der Waals surface area contributed by atoms with Crippen molar-refractivity contribution in [1.82, 2.24) is 24.5 Å². The van der Waals surface area contributed by atoms with Gasteiger partial charge in [-0.2, -0.15) is 5.10 Å². The number of likely N-dealkylation sites (tertiary alicyclic amines) is 1. The molecule has 0 spiro atoms. The first-order valence-electron chi connectivity index (χ1n) is 8.25. The maximum Gasteiger partial charge on any atom is 0.228 e. The van der Waals surface area contributed by atoms with Crippen molar-refractivity contribution in [2.24, 2.45) is 13.0 Å². The molecule has 3 heterocycles. The lowest BCUT2D eigenvalue weighted by molar-refractivity contribution is -0.135. The van der Waals surface area contributed by atoms with Gasteiger partial charge in [0, 0.05) is 71.5 Å². The van der Waals surface area contributed by atoms with Crippen molar-refractivity contribution >= 4 is 11.8 Å². The fraction of sp³-hybridized carbons (Fsp3) is 0.688. The molecule has 1 atom stereocenters. The van der Waals surface area contributed by atoms with Crippen LogP contribution in [0.5, 0.6) is 0 Å². The lowest BCUT2D eigenvalue weighted by Crippen LogP contribution is -2.39. The van der Waals surface area contributed by atoms with Crippen LogP contribution in [-0.2, 0) is 23.2 Å². The lowest BCUT2D eigenvalue weighted by Gasteiger charge is -2.24. The standard InChI is InChI=1S/C16H25N5O2/c1-18-12-14(8-15(18)22)16(23)21-5-3-4-20(6-7-21)11-13-9-17-19(2)10-13/h9-10,14H,3-8,11-12H2,1-2H3/t14-/m1/s1. The van der Waals surface area contributed by atoms with Gasteiger partial charge in [0.1, 0.15) is 0 Å². The number of aromatic nitrogens is 2. The van der Waals surface area contributed by atoms with Crippen LogP contribution >= 0.6 is 0 Å². The van der Waals surface area contributed by atoms with Crippen LogP contribution in [0.4, 0.5) is 0 Å². The molecule has 0 bridgehead atoms. The summed E-state index contributed by atoms with van der Waals surface area (Å²) in [6, 6.07) is 0. The summed E-state index contributed by atoms with van der Waals surface area (Å²) < 4.78 is 1.82. The topological polar surface area (TPSA) is 61.7 Å². The Morgan fingerprint density at radius 1 is 1.26 bits per heavy atom. The molecule has 0 saturated carbocycles. The second kappa shape index (κ2) is 6.70. The molecule has 1 aromatic rings. The average molecular weight is 319 g/mol. The highest BCUT2D eigenvalue weighted by molar-refractivity contribution is 5.89. The Morgan fingerprint density at radius 2 is 2.09 bits per heavy atom.